The third-order valence-electron chi connectivity index (χ3n) is 2.80. The number of anilines is 1. The van der Waals surface area contributed by atoms with E-state index >= 15 is 0 Å². The Hall–Kier alpha value is -2.47. The van der Waals surface area contributed by atoms with Gasteiger partial charge in [-0.3, -0.25) is 10.4 Å². The van der Waals surface area contributed by atoms with Crippen LogP contribution in [0, 0.1) is 6.92 Å². The van der Waals surface area contributed by atoms with Crippen LogP contribution in [0.2, 0.25) is 0 Å². The molecule has 0 atom stereocenters. The summed E-state index contributed by atoms with van der Waals surface area (Å²) in [5.74, 6) is 0.755. The number of methoxy groups -OCH3 is 1. The first-order valence-electron chi connectivity index (χ1n) is 6.34. The van der Waals surface area contributed by atoms with Crippen LogP contribution in [0.3, 0.4) is 0 Å². The molecule has 0 aliphatic carbocycles. The Labute approximate surface area is 129 Å². The van der Waals surface area contributed by atoms with E-state index < -0.39 is 0 Å². The number of hydrogen-bond donors (Lipinski definition) is 2. The van der Waals surface area contributed by atoms with E-state index in [0.29, 0.717) is 5.11 Å². The average molecular weight is 300 g/mol. The van der Waals surface area contributed by atoms with Crippen molar-refractivity contribution in [3.05, 3.63) is 53.9 Å². The number of benzene rings is 1. The van der Waals surface area contributed by atoms with E-state index in [9.17, 15) is 0 Å². The summed E-state index contributed by atoms with van der Waals surface area (Å²) in [6.45, 7) is 1.98. The van der Waals surface area contributed by atoms with Crippen molar-refractivity contribution in [1.29, 1.82) is 0 Å². The SMILES string of the molecule is COc1ccccc1/C=N/NC(=S)Nc1cnccc1C. The highest BCUT2D eigenvalue weighted by molar-refractivity contribution is 7.80. The Morgan fingerprint density at radius 1 is 1.33 bits per heavy atom. The average Bonchev–Trinajstić information content (AvgIpc) is 2.50. The van der Waals surface area contributed by atoms with Gasteiger partial charge in [-0.2, -0.15) is 5.10 Å². The number of hydrazone groups is 1. The third kappa shape index (κ3) is 4.25. The van der Waals surface area contributed by atoms with Crippen molar-refractivity contribution in [2.45, 2.75) is 6.92 Å². The van der Waals surface area contributed by atoms with Gasteiger partial charge >= 0.3 is 0 Å². The van der Waals surface area contributed by atoms with Gasteiger partial charge in [-0.1, -0.05) is 12.1 Å². The quantitative estimate of drug-likeness (QED) is 0.516. The van der Waals surface area contributed by atoms with Gasteiger partial charge in [0.15, 0.2) is 5.11 Å². The smallest absolute Gasteiger partial charge is 0.191 e. The predicted octanol–water partition coefficient (Wildman–Crippen LogP) is 2.72. The minimum absolute atomic E-state index is 0.400. The molecule has 0 saturated heterocycles. The fourth-order valence-electron chi connectivity index (χ4n) is 1.68. The molecule has 0 bridgehead atoms. The molecule has 0 fully saturated rings. The minimum Gasteiger partial charge on any atom is -0.496 e. The second-order valence-electron chi connectivity index (χ2n) is 4.26. The molecule has 0 amide bonds. The standard InChI is InChI=1S/C15H16N4OS/c1-11-7-8-16-10-13(11)18-15(21)19-17-9-12-5-3-4-6-14(12)20-2/h3-10H,1-2H3,(H2,18,19,21)/b17-9+. The lowest BCUT2D eigenvalue weighted by Crippen LogP contribution is -2.24. The molecule has 1 aromatic heterocycles. The van der Waals surface area contributed by atoms with Gasteiger partial charge in [-0.25, -0.2) is 0 Å². The zero-order valence-corrected chi connectivity index (χ0v) is 12.6. The maximum Gasteiger partial charge on any atom is 0.191 e. The number of aromatic nitrogens is 1. The first-order valence-corrected chi connectivity index (χ1v) is 6.75. The molecule has 0 spiro atoms. The van der Waals surface area contributed by atoms with E-state index in [1.807, 2.05) is 37.3 Å². The van der Waals surface area contributed by atoms with E-state index in [4.69, 9.17) is 17.0 Å². The number of nitrogens with zero attached hydrogens (tertiary/aromatic N) is 2. The van der Waals surface area contributed by atoms with E-state index in [1.54, 1.807) is 25.7 Å². The van der Waals surface area contributed by atoms with E-state index in [0.717, 1.165) is 22.6 Å². The Balaban J connectivity index is 1.95. The summed E-state index contributed by atoms with van der Waals surface area (Å²) in [6, 6.07) is 9.51. The molecule has 108 valence electrons. The van der Waals surface area contributed by atoms with Crippen LogP contribution in [-0.2, 0) is 0 Å². The van der Waals surface area contributed by atoms with Crippen LogP contribution in [-0.4, -0.2) is 23.4 Å². The zero-order chi connectivity index (χ0) is 15.1. The van der Waals surface area contributed by atoms with Crippen LogP contribution in [0.1, 0.15) is 11.1 Å². The number of para-hydroxylation sites is 1. The molecule has 0 unspecified atom stereocenters. The molecule has 21 heavy (non-hydrogen) atoms. The maximum absolute atomic E-state index is 5.24. The first-order chi connectivity index (χ1) is 10.2. The van der Waals surface area contributed by atoms with Gasteiger partial charge < -0.3 is 10.1 Å². The van der Waals surface area contributed by atoms with Crippen LogP contribution in [0.15, 0.2) is 47.8 Å². The Morgan fingerprint density at radius 3 is 2.90 bits per heavy atom. The molecule has 0 aliphatic rings. The third-order valence-corrected chi connectivity index (χ3v) is 2.99. The number of pyridine rings is 1. The highest BCUT2D eigenvalue weighted by Crippen LogP contribution is 2.14. The summed E-state index contributed by atoms with van der Waals surface area (Å²) in [7, 11) is 1.62. The molecule has 0 saturated carbocycles. The van der Waals surface area contributed by atoms with Gasteiger partial charge in [0, 0.05) is 11.8 Å². The summed E-state index contributed by atoms with van der Waals surface area (Å²) < 4.78 is 5.24. The molecule has 2 N–H and O–H groups in total. The first kappa shape index (κ1) is 14.9. The summed E-state index contributed by atoms with van der Waals surface area (Å²) in [5.41, 5.74) is 5.54. The largest absolute Gasteiger partial charge is 0.496 e. The van der Waals surface area contributed by atoms with Crippen molar-refractivity contribution < 1.29 is 4.74 Å². The normalized spacial score (nSPS) is 10.4. The van der Waals surface area contributed by atoms with Gasteiger partial charge in [-0.05, 0) is 42.9 Å². The fourth-order valence-corrected chi connectivity index (χ4v) is 1.84. The van der Waals surface area contributed by atoms with Gasteiger partial charge in [-0.15, -0.1) is 0 Å². The zero-order valence-electron chi connectivity index (χ0n) is 11.8. The van der Waals surface area contributed by atoms with Crippen molar-refractivity contribution in [1.82, 2.24) is 10.4 Å². The van der Waals surface area contributed by atoms with Crippen molar-refractivity contribution in [2.24, 2.45) is 5.10 Å². The lowest BCUT2D eigenvalue weighted by Gasteiger charge is -2.09. The van der Waals surface area contributed by atoms with E-state index in [1.165, 1.54) is 0 Å². The maximum atomic E-state index is 5.24. The van der Waals surface area contributed by atoms with Crippen LogP contribution in [0.4, 0.5) is 5.69 Å². The molecular weight excluding hydrogens is 284 g/mol. The fraction of sp³-hybridized carbons (Fsp3) is 0.133. The number of nitrogens with one attached hydrogen (secondary N) is 2. The molecule has 1 aromatic carbocycles. The Kier molecular flexibility index (Phi) is 5.22. The van der Waals surface area contributed by atoms with Crippen LogP contribution in [0.5, 0.6) is 5.75 Å². The van der Waals surface area contributed by atoms with Crippen LogP contribution >= 0.6 is 12.2 Å². The summed E-state index contributed by atoms with van der Waals surface area (Å²) in [4.78, 5) is 4.04. The molecule has 5 nitrogen and oxygen atoms in total. The van der Waals surface area contributed by atoms with Gasteiger partial charge in [0.2, 0.25) is 0 Å². The van der Waals surface area contributed by atoms with Crippen molar-refractivity contribution in [3.63, 3.8) is 0 Å². The highest BCUT2D eigenvalue weighted by Gasteiger charge is 2.00. The molecule has 1 heterocycles. The molecule has 0 radical (unpaired) electrons. The van der Waals surface area contributed by atoms with E-state index in [-0.39, 0.29) is 0 Å². The molecule has 6 heteroatoms. The molecule has 2 aromatic rings. The highest BCUT2D eigenvalue weighted by atomic mass is 32.1. The molecule has 2 rings (SSSR count). The number of rotatable bonds is 4. The Morgan fingerprint density at radius 2 is 2.14 bits per heavy atom. The van der Waals surface area contributed by atoms with Gasteiger partial charge in [0.1, 0.15) is 5.75 Å². The van der Waals surface area contributed by atoms with Crippen LogP contribution in [0.25, 0.3) is 0 Å². The lowest BCUT2D eigenvalue weighted by molar-refractivity contribution is 0.414. The van der Waals surface area contributed by atoms with Crippen molar-refractivity contribution >= 4 is 29.2 Å². The Bertz CT molecular complexity index is 658. The second kappa shape index (κ2) is 7.35. The number of aryl methyl sites for hydroxylation is 1. The lowest BCUT2D eigenvalue weighted by atomic mass is 10.2. The number of thiocarbonyl (C=S) groups is 1. The van der Waals surface area contributed by atoms with Gasteiger partial charge in [0.25, 0.3) is 0 Å². The van der Waals surface area contributed by atoms with E-state index in [2.05, 4.69) is 20.8 Å². The topological polar surface area (TPSA) is 58.5 Å². The second-order valence-corrected chi connectivity index (χ2v) is 4.66. The summed E-state index contributed by atoms with van der Waals surface area (Å²) >= 11 is 5.18. The van der Waals surface area contributed by atoms with Gasteiger partial charge in [0.05, 0.1) is 25.2 Å². The van der Waals surface area contributed by atoms with Crippen molar-refractivity contribution in [2.75, 3.05) is 12.4 Å². The summed E-state index contributed by atoms with van der Waals surface area (Å²) in [5, 5.41) is 7.53. The summed E-state index contributed by atoms with van der Waals surface area (Å²) in [6.07, 6.45) is 5.10. The minimum atomic E-state index is 0.400. The molecular formula is C15H16N4OS. The molecule has 0 aliphatic heterocycles. The monoisotopic (exact) mass is 300 g/mol. The number of hydrogen-bond acceptors (Lipinski definition) is 4. The van der Waals surface area contributed by atoms with Crippen molar-refractivity contribution in [3.8, 4) is 5.75 Å². The number of ether oxygens (including phenoxy) is 1. The van der Waals surface area contributed by atoms with Crippen LogP contribution < -0.4 is 15.5 Å². The predicted molar refractivity (Wildman–Crippen MR) is 88.9 cm³/mol.